The lowest BCUT2D eigenvalue weighted by molar-refractivity contribution is 0.0827. The summed E-state index contributed by atoms with van der Waals surface area (Å²) in [5.41, 5.74) is 4.98. The minimum absolute atomic E-state index is 0.0269. The van der Waals surface area contributed by atoms with Crippen LogP contribution in [0.25, 0.3) is 0 Å². The highest BCUT2D eigenvalue weighted by Gasteiger charge is 2.17. The van der Waals surface area contributed by atoms with E-state index in [1.165, 1.54) is 11.1 Å². The first-order valence-electron chi connectivity index (χ1n) is 9.45. The number of carbonyl (C=O) groups excluding carboxylic acids is 1. The maximum atomic E-state index is 12.0. The zero-order valence-corrected chi connectivity index (χ0v) is 17.7. The van der Waals surface area contributed by atoms with Crippen LogP contribution in [0.5, 0.6) is 0 Å². The number of aryl methyl sites for hydroxylation is 1. The number of nitrogens with zero attached hydrogens (tertiary/aromatic N) is 1. The van der Waals surface area contributed by atoms with Crippen molar-refractivity contribution in [3.63, 3.8) is 0 Å². The quantitative estimate of drug-likeness (QED) is 0.602. The number of nitrogens with one attached hydrogen (secondary N) is 2. The van der Waals surface area contributed by atoms with Crippen LogP contribution in [-0.4, -0.2) is 30.0 Å². The molecule has 1 atom stereocenters. The maximum absolute atomic E-state index is 12.0. The molecule has 0 fully saturated rings. The lowest BCUT2D eigenvalue weighted by Gasteiger charge is -2.23. The molecule has 29 heavy (non-hydrogen) atoms. The van der Waals surface area contributed by atoms with E-state index in [0.717, 1.165) is 11.3 Å². The summed E-state index contributed by atoms with van der Waals surface area (Å²) in [5.74, 6) is -0.0269. The highest BCUT2D eigenvalue weighted by Crippen LogP contribution is 2.25. The average molecular weight is 404 g/mol. The molecule has 0 saturated carbocycles. The van der Waals surface area contributed by atoms with Crippen molar-refractivity contribution in [3.8, 4) is 0 Å². The maximum Gasteiger partial charge on any atom is 0.253 e. The predicted molar refractivity (Wildman–Crippen MR) is 123 cm³/mol. The molecule has 0 unspecified atom stereocenters. The summed E-state index contributed by atoms with van der Waals surface area (Å²) >= 11 is 5.58. The number of carbonyl (C=O) groups is 1. The van der Waals surface area contributed by atoms with Crippen molar-refractivity contribution < 1.29 is 4.79 Å². The van der Waals surface area contributed by atoms with Crippen molar-refractivity contribution in [2.75, 3.05) is 19.4 Å². The molecule has 1 amide bonds. The Bertz CT molecular complexity index is 985. The van der Waals surface area contributed by atoms with Crippen molar-refractivity contribution in [2.45, 2.75) is 13.0 Å². The highest BCUT2D eigenvalue weighted by molar-refractivity contribution is 7.80. The van der Waals surface area contributed by atoms with Crippen LogP contribution in [0.15, 0.2) is 78.9 Å². The topological polar surface area (TPSA) is 44.4 Å². The van der Waals surface area contributed by atoms with E-state index < -0.39 is 0 Å². The molecule has 0 aliphatic rings. The summed E-state index contributed by atoms with van der Waals surface area (Å²) in [6, 6.07) is 25.8. The zero-order chi connectivity index (χ0) is 20.8. The molecule has 148 valence electrons. The van der Waals surface area contributed by atoms with Gasteiger partial charge in [0.2, 0.25) is 0 Å². The number of hydrogen-bond donors (Lipinski definition) is 2. The fourth-order valence-electron chi connectivity index (χ4n) is 3.15. The molecule has 3 aromatic carbocycles. The summed E-state index contributed by atoms with van der Waals surface area (Å²) in [4.78, 5) is 13.6. The van der Waals surface area contributed by atoms with Gasteiger partial charge >= 0.3 is 0 Å². The Kier molecular flexibility index (Phi) is 6.62. The standard InChI is InChI=1S/C24H25N3OS/c1-17-9-7-8-12-21(17)22(18-10-5-4-6-11-18)26-24(29)25-20-15-13-19(14-16-20)23(28)27(2)3/h4-16,22H,1-3H3,(H2,25,26,29)/t22-/m1/s1. The van der Waals surface area contributed by atoms with Gasteiger partial charge in [-0.25, -0.2) is 0 Å². The number of rotatable bonds is 5. The van der Waals surface area contributed by atoms with Crippen LogP contribution in [0, 0.1) is 6.92 Å². The minimum Gasteiger partial charge on any atom is -0.352 e. The Balaban J connectivity index is 1.77. The third-order valence-electron chi connectivity index (χ3n) is 4.70. The first-order valence-corrected chi connectivity index (χ1v) is 9.86. The SMILES string of the molecule is Cc1ccccc1[C@H](NC(=S)Nc1ccc(C(=O)N(C)C)cc1)c1ccccc1. The molecule has 3 aromatic rings. The Morgan fingerprint density at radius 1 is 0.897 bits per heavy atom. The van der Waals surface area contributed by atoms with Gasteiger partial charge in [-0.15, -0.1) is 0 Å². The second-order valence-electron chi connectivity index (χ2n) is 7.08. The van der Waals surface area contributed by atoms with Gasteiger partial charge < -0.3 is 15.5 Å². The van der Waals surface area contributed by atoms with Crippen molar-refractivity contribution in [1.82, 2.24) is 10.2 Å². The van der Waals surface area contributed by atoms with E-state index >= 15 is 0 Å². The van der Waals surface area contributed by atoms with Crippen molar-refractivity contribution in [3.05, 3.63) is 101 Å². The van der Waals surface area contributed by atoms with E-state index in [1.54, 1.807) is 31.1 Å². The molecule has 5 heteroatoms. The number of benzene rings is 3. The molecule has 2 N–H and O–H groups in total. The van der Waals surface area contributed by atoms with Gasteiger partial charge in [0.25, 0.3) is 5.91 Å². The molecule has 0 spiro atoms. The summed E-state index contributed by atoms with van der Waals surface area (Å²) in [6.45, 7) is 2.10. The normalized spacial score (nSPS) is 11.4. The Hall–Kier alpha value is -3.18. The average Bonchev–Trinajstić information content (AvgIpc) is 2.73. The van der Waals surface area contributed by atoms with Gasteiger partial charge in [0.05, 0.1) is 6.04 Å². The number of anilines is 1. The molecule has 4 nitrogen and oxygen atoms in total. The number of amides is 1. The van der Waals surface area contributed by atoms with E-state index in [-0.39, 0.29) is 11.9 Å². The first kappa shape index (κ1) is 20.6. The Morgan fingerprint density at radius 3 is 2.14 bits per heavy atom. The fraction of sp³-hybridized carbons (Fsp3) is 0.167. The van der Waals surface area contributed by atoms with Crippen LogP contribution in [0.4, 0.5) is 5.69 Å². The van der Waals surface area contributed by atoms with Gasteiger partial charge in [0, 0.05) is 25.3 Å². The van der Waals surface area contributed by atoms with Crippen LogP contribution in [0.1, 0.15) is 33.1 Å². The highest BCUT2D eigenvalue weighted by atomic mass is 32.1. The fourth-order valence-corrected chi connectivity index (χ4v) is 3.39. The smallest absolute Gasteiger partial charge is 0.253 e. The molecule has 0 aliphatic carbocycles. The van der Waals surface area contributed by atoms with E-state index in [4.69, 9.17) is 12.2 Å². The second-order valence-corrected chi connectivity index (χ2v) is 7.48. The second kappa shape index (κ2) is 9.34. The van der Waals surface area contributed by atoms with E-state index in [9.17, 15) is 4.79 Å². The Labute approximate surface area is 177 Å². The third kappa shape index (κ3) is 5.21. The van der Waals surface area contributed by atoms with E-state index in [0.29, 0.717) is 10.7 Å². The van der Waals surface area contributed by atoms with Crippen LogP contribution < -0.4 is 10.6 Å². The molecule has 0 bridgehead atoms. The first-order chi connectivity index (χ1) is 14.0. The lowest BCUT2D eigenvalue weighted by atomic mass is 9.95. The van der Waals surface area contributed by atoms with Crippen LogP contribution in [-0.2, 0) is 0 Å². The molecule has 3 rings (SSSR count). The lowest BCUT2D eigenvalue weighted by Crippen LogP contribution is -2.33. The van der Waals surface area contributed by atoms with Crippen molar-refractivity contribution >= 4 is 28.9 Å². The largest absolute Gasteiger partial charge is 0.352 e. The summed E-state index contributed by atoms with van der Waals surface area (Å²) < 4.78 is 0. The summed E-state index contributed by atoms with van der Waals surface area (Å²) in [7, 11) is 3.48. The van der Waals surface area contributed by atoms with Gasteiger partial charge in [0.1, 0.15) is 0 Å². The summed E-state index contributed by atoms with van der Waals surface area (Å²) in [5, 5.41) is 7.18. The molecular formula is C24H25N3OS. The molecule has 0 heterocycles. The number of thiocarbonyl (C=S) groups is 1. The third-order valence-corrected chi connectivity index (χ3v) is 4.92. The van der Waals surface area contributed by atoms with E-state index in [2.05, 4.69) is 41.8 Å². The van der Waals surface area contributed by atoms with E-state index in [1.807, 2.05) is 42.5 Å². The van der Waals surface area contributed by atoms with Crippen molar-refractivity contribution in [2.24, 2.45) is 0 Å². The molecule has 0 radical (unpaired) electrons. The van der Waals surface area contributed by atoms with Gasteiger partial charge in [-0.1, -0.05) is 54.6 Å². The van der Waals surface area contributed by atoms with Crippen LogP contribution in [0.2, 0.25) is 0 Å². The number of hydrogen-bond acceptors (Lipinski definition) is 2. The van der Waals surface area contributed by atoms with Crippen LogP contribution in [0.3, 0.4) is 0 Å². The summed E-state index contributed by atoms with van der Waals surface area (Å²) in [6.07, 6.45) is 0. The molecule has 0 saturated heterocycles. The van der Waals surface area contributed by atoms with Gasteiger partial charge in [-0.05, 0) is 60.1 Å². The monoisotopic (exact) mass is 403 g/mol. The molecule has 0 aliphatic heterocycles. The van der Waals surface area contributed by atoms with Gasteiger partial charge in [0.15, 0.2) is 5.11 Å². The minimum atomic E-state index is -0.0630. The van der Waals surface area contributed by atoms with Gasteiger partial charge in [-0.3, -0.25) is 4.79 Å². The predicted octanol–water partition coefficient (Wildman–Crippen LogP) is 4.77. The zero-order valence-electron chi connectivity index (χ0n) is 16.8. The molecule has 0 aromatic heterocycles. The van der Waals surface area contributed by atoms with Crippen LogP contribution >= 0.6 is 12.2 Å². The Morgan fingerprint density at radius 2 is 1.52 bits per heavy atom. The van der Waals surface area contributed by atoms with Crippen molar-refractivity contribution in [1.29, 1.82) is 0 Å². The van der Waals surface area contributed by atoms with Gasteiger partial charge in [-0.2, -0.15) is 0 Å². The molecular weight excluding hydrogens is 378 g/mol.